The molecule has 0 fully saturated rings. The molecule has 0 aliphatic rings. The average Bonchev–Trinajstić information content (AvgIpc) is 2.81. The summed E-state index contributed by atoms with van der Waals surface area (Å²) in [6, 6.07) is 10.5. The molecule has 102 valence electrons. The molecule has 1 aromatic carbocycles. The molecule has 1 N–H and O–H groups in total. The minimum absolute atomic E-state index is 0.753. The van der Waals surface area contributed by atoms with Crippen molar-refractivity contribution in [1.29, 1.82) is 0 Å². The van der Waals surface area contributed by atoms with E-state index in [0.29, 0.717) is 0 Å². The van der Waals surface area contributed by atoms with E-state index in [1.54, 1.807) is 11.3 Å². The highest BCUT2D eigenvalue weighted by Crippen LogP contribution is 2.28. The highest BCUT2D eigenvalue weighted by Gasteiger charge is 2.05. The van der Waals surface area contributed by atoms with E-state index < -0.39 is 0 Å². The van der Waals surface area contributed by atoms with Gasteiger partial charge in [0, 0.05) is 11.4 Å². The molecule has 0 aliphatic carbocycles. The summed E-state index contributed by atoms with van der Waals surface area (Å²) >= 11 is 5.23. The number of ether oxygens (including phenoxy) is 1. The molecule has 4 heteroatoms. The molecule has 0 saturated heterocycles. The Bertz CT molecular complexity index is 539. The Morgan fingerprint density at radius 1 is 1.26 bits per heavy atom. The molecule has 2 aromatic rings. The van der Waals surface area contributed by atoms with Gasteiger partial charge in [0.15, 0.2) is 0 Å². The largest absolute Gasteiger partial charge is 0.491 e. The standard InChI is InChI=1S/C15H18BrNOS/c1-3-8-18-14-9-11(2)4-6-13(14)17-10-12-5-7-15(16)19-12/h4-7,9,17H,3,8,10H2,1-2H3. The van der Waals surface area contributed by atoms with Crippen molar-refractivity contribution < 1.29 is 4.74 Å². The van der Waals surface area contributed by atoms with Gasteiger partial charge in [-0.15, -0.1) is 11.3 Å². The predicted molar refractivity (Wildman–Crippen MR) is 86.3 cm³/mol. The zero-order valence-electron chi connectivity index (χ0n) is 11.2. The first-order valence-electron chi connectivity index (χ1n) is 6.40. The van der Waals surface area contributed by atoms with Crippen molar-refractivity contribution in [2.75, 3.05) is 11.9 Å². The average molecular weight is 340 g/mol. The molecule has 0 saturated carbocycles. The first kappa shape index (κ1) is 14.4. The van der Waals surface area contributed by atoms with E-state index in [4.69, 9.17) is 4.74 Å². The Labute approximate surface area is 126 Å². The quantitative estimate of drug-likeness (QED) is 0.778. The van der Waals surface area contributed by atoms with E-state index >= 15 is 0 Å². The van der Waals surface area contributed by atoms with Gasteiger partial charge in [0.1, 0.15) is 5.75 Å². The van der Waals surface area contributed by atoms with Crippen LogP contribution in [0.2, 0.25) is 0 Å². The molecular formula is C15H18BrNOS. The fourth-order valence-electron chi connectivity index (χ4n) is 1.74. The molecule has 0 aliphatic heterocycles. The SMILES string of the molecule is CCCOc1cc(C)ccc1NCc1ccc(Br)s1. The van der Waals surface area contributed by atoms with E-state index in [1.807, 2.05) is 0 Å². The summed E-state index contributed by atoms with van der Waals surface area (Å²) in [6.07, 6.45) is 1.02. The van der Waals surface area contributed by atoms with Gasteiger partial charge in [-0.25, -0.2) is 0 Å². The smallest absolute Gasteiger partial charge is 0.142 e. The highest BCUT2D eigenvalue weighted by atomic mass is 79.9. The van der Waals surface area contributed by atoms with Gasteiger partial charge in [0.05, 0.1) is 16.1 Å². The van der Waals surface area contributed by atoms with Crippen LogP contribution < -0.4 is 10.1 Å². The van der Waals surface area contributed by atoms with Gasteiger partial charge in [-0.1, -0.05) is 13.0 Å². The minimum Gasteiger partial charge on any atom is -0.491 e. The van der Waals surface area contributed by atoms with Crippen LogP contribution in [0, 0.1) is 6.92 Å². The van der Waals surface area contributed by atoms with Gasteiger partial charge in [-0.3, -0.25) is 0 Å². The third-order valence-corrected chi connectivity index (χ3v) is 4.30. The molecule has 19 heavy (non-hydrogen) atoms. The number of benzene rings is 1. The van der Waals surface area contributed by atoms with Crippen molar-refractivity contribution in [2.45, 2.75) is 26.8 Å². The van der Waals surface area contributed by atoms with E-state index in [1.165, 1.54) is 10.4 Å². The van der Waals surface area contributed by atoms with Gasteiger partial charge >= 0.3 is 0 Å². The Morgan fingerprint density at radius 3 is 2.79 bits per heavy atom. The van der Waals surface area contributed by atoms with Crippen LogP contribution in [0.5, 0.6) is 5.75 Å². The van der Waals surface area contributed by atoms with E-state index in [-0.39, 0.29) is 0 Å². The van der Waals surface area contributed by atoms with Gasteiger partial charge in [0.2, 0.25) is 0 Å². The first-order valence-corrected chi connectivity index (χ1v) is 8.01. The lowest BCUT2D eigenvalue weighted by Gasteiger charge is -2.13. The first-order chi connectivity index (χ1) is 9.19. The monoisotopic (exact) mass is 339 g/mol. The van der Waals surface area contributed by atoms with Gasteiger partial charge in [-0.05, 0) is 59.1 Å². The topological polar surface area (TPSA) is 21.3 Å². The summed E-state index contributed by atoms with van der Waals surface area (Å²) in [4.78, 5) is 1.30. The second-order valence-corrected chi connectivity index (χ2v) is 6.96. The van der Waals surface area contributed by atoms with Gasteiger partial charge in [0.25, 0.3) is 0 Å². The Balaban J connectivity index is 2.05. The molecule has 0 unspecified atom stereocenters. The van der Waals surface area contributed by atoms with Crippen LogP contribution in [-0.2, 0) is 6.54 Å². The van der Waals surface area contributed by atoms with Crippen molar-refractivity contribution in [3.63, 3.8) is 0 Å². The van der Waals surface area contributed by atoms with Crippen molar-refractivity contribution in [3.8, 4) is 5.75 Å². The third kappa shape index (κ3) is 4.25. The van der Waals surface area contributed by atoms with Crippen LogP contribution in [0.3, 0.4) is 0 Å². The number of rotatable bonds is 6. The number of anilines is 1. The predicted octanol–water partition coefficient (Wildman–Crippen LogP) is 5.22. The lowest BCUT2D eigenvalue weighted by Crippen LogP contribution is -2.03. The number of nitrogens with one attached hydrogen (secondary N) is 1. The molecule has 2 nitrogen and oxygen atoms in total. The summed E-state index contributed by atoms with van der Waals surface area (Å²) in [5.41, 5.74) is 2.28. The van der Waals surface area contributed by atoms with Crippen LogP contribution in [0.4, 0.5) is 5.69 Å². The van der Waals surface area contributed by atoms with Crippen molar-refractivity contribution in [1.82, 2.24) is 0 Å². The van der Waals surface area contributed by atoms with Crippen LogP contribution >= 0.6 is 27.3 Å². The molecular weight excluding hydrogens is 322 g/mol. The van der Waals surface area contributed by atoms with Crippen LogP contribution in [-0.4, -0.2) is 6.61 Å². The van der Waals surface area contributed by atoms with Crippen LogP contribution in [0.15, 0.2) is 34.1 Å². The van der Waals surface area contributed by atoms with Gasteiger partial charge < -0.3 is 10.1 Å². The van der Waals surface area contributed by atoms with E-state index in [0.717, 1.165) is 34.8 Å². The minimum atomic E-state index is 0.753. The summed E-state index contributed by atoms with van der Waals surface area (Å²) in [7, 11) is 0. The number of aryl methyl sites for hydroxylation is 1. The molecule has 2 rings (SSSR count). The lowest BCUT2D eigenvalue weighted by atomic mass is 10.2. The van der Waals surface area contributed by atoms with Crippen molar-refractivity contribution in [2.24, 2.45) is 0 Å². The Morgan fingerprint density at radius 2 is 2.11 bits per heavy atom. The summed E-state index contributed by atoms with van der Waals surface area (Å²) in [5, 5.41) is 3.44. The van der Waals surface area contributed by atoms with E-state index in [2.05, 4.69) is 65.4 Å². The third-order valence-electron chi connectivity index (χ3n) is 2.68. The zero-order chi connectivity index (χ0) is 13.7. The van der Waals surface area contributed by atoms with Crippen molar-refractivity contribution >= 4 is 33.0 Å². The second kappa shape index (κ2) is 6.96. The molecule has 0 spiro atoms. The fraction of sp³-hybridized carbons (Fsp3) is 0.333. The highest BCUT2D eigenvalue weighted by molar-refractivity contribution is 9.11. The zero-order valence-corrected chi connectivity index (χ0v) is 13.6. The van der Waals surface area contributed by atoms with Gasteiger partial charge in [-0.2, -0.15) is 0 Å². The normalized spacial score (nSPS) is 10.5. The molecule has 0 bridgehead atoms. The number of thiophene rings is 1. The molecule has 0 atom stereocenters. The number of halogens is 1. The lowest BCUT2D eigenvalue weighted by molar-refractivity contribution is 0.318. The molecule has 1 aromatic heterocycles. The van der Waals surface area contributed by atoms with Crippen LogP contribution in [0.25, 0.3) is 0 Å². The van der Waals surface area contributed by atoms with Crippen LogP contribution in [0.1, 0.15) is 23.8 Å². The maximum absolute atomic E-state index is 5.79. The fourth-order valence-corrected chi connectivity index (χ4v) is 3.16. The Kier molecular flexibility index (Phi) is 5.28. The Hall–Kier alpha value is -1.000. The number of hydrogen-bond acceptors (Lipinski definition) is 3. The van der Waals surface area contributed by atoms with Crippen molar-refractivity contribution in [3.05, 3.63) is 44.6 Å². The second-order valence-electron chi connectivity index (χ2n) is 4.41. The summed E-state index contributed by atoms with van der Waals surface area (Å²) in [5.74, 6) is 0.942. The number of hydrogen-bond donors (Lipinski definition) is 1. The maximum atomic E-state index is 5.79. The van der Waals surface area contributed by atoms with E-state index in [9.17, 15) is 0 Å². The summed E-state index contributed by atoms with van der Waals surface area (Å²) in [6.45, 7) is 5.77. The molecule has 0 radical (unpaired) electrons. The maximum Gasteiger partial charge on any atom is 0.142 e. The molecule has 0 amide bonds. The summed E-state index contributed by atoms with van der Waals surface area (Å²) < 4.78 is 6.96. The molecule has 1 heterocycles.